The third-order valence-electron chi connectivity index (χ3n) is 2.65. The largest absolute Gasteiger partial charge is 0.466 e. The lowest BCUT2D eigenvalue weighted by Gasteiger charge is -2.02. The van der Waals surface area contributed by atoms with E-state index in [-0.39, 0.29) is 5.97 Å². The van der Waals surface area contributed by atoms with E-state index in [9.17, 15) is 4.79 Å². The Kier molecular flexibility index (Phi) is 12.1. The summed E-state index contributed by atoms with van der Waals surface area (Å²) in [5, 5.41) is 0. The Labute approximate surface area is 99.7 Å². The Balaban J connectivity index is 2.90. The molecule has 0 aromatic rings. The molecule has 2 N–H and O–H groups in total. The number of carbonyl (C=O) groups excluding carboxylic acids is 1. The van der Waals surface area contributed by atoms with Crippen molar-refractivity contribution in [3.63, 3.8) is 0 Å². The van der Waals surface area contributed by atoms with Gasteiger partial charge in [0.15, 0.2) is 0 Å². The van der Waals surface area contributed by atoms with E-state index in [2.05, 4.69) is 0 Å². The highest BCUT2D eigenvalue weighted by Gasteiger charge is 1.94. The quantitative estimate of drug-likeness (QED) is 0.437. The van der Waals surface area contributed by atoms with E-state index in [1.807, 2.05) is 0 Å². The van der Waals surface area contributed by atoms with Crippen LogP contribution in [0.3, 0.4) is 0 Å². The third-order valence-corrected chi connectivity index (χ3v) is 2.65. The molecule has 0 amide bonds. The van der Waals surface area contributed by atoms with E-state index in [4.69, 9.17) is 10.5 Å². The Morgan fingerprint density at radius 2 is 1.31 bits per heavy atom. The minimum Gasteiger partial charge on any atom is -0.466 e. The van der Waals surface area contributed by atoms with Gasteiger partial charge in [-0.3, -0.25) is 4.79 Å². The van der Waals surface area contributed by atoms with Gasteiger partial charge in [-0.15, -0.1) is 0 Å². The summed E-state index contributed by atoms with van der Waals surface area (Å²) in [6.07, 6.45) is 11.2. The summed E-state index contributed by atoms with van der Waals surface area (Å²) in [7, 11) is 0. The van der Waals surface area contributed by atoms with E-state index < -0.39 is 0 Å². The summed E-state index contributed by atoms with van der Waals surface area (Å²) in [6.45, 7) is 2.88. The molecule has 96 valence electrons. The second-order valence-corrected chi connectivity index (χ2v) is 4.31. The van der Waals surface area contributed by atoms with Crippen LogP contribution in [0.4, 0.5) is 0 Å². The van der Waals surface area contributed by atoms with Crippen molar-refractivity contribution in [1.82, 2.24) is 0 Å². The number of esters is 1. The molecule has 3 heteroatoms. The maximum Gasteiger partial charge on any atom is 0.302 e. The molecule has 0 fully saturated rings. The molecule has 0 spiro atoms. The van der Waals surface area contributed by atoms with Crippen LogP contribution in [0, 0.1) is 0 Å². The number of nitrogens with two attached hydrogens (primary N) is 1. The monoisotopic (exact) mass is 229 g/mol. The second kappa shape index (κ2) is 12.5. The lowest BCUT2D eigenvalue weighted by molar-refractivity contribution is -0.141. The summed E-state index contributed by atoms with van der Waals surface area (Å²) in [5.41, 5.74) is 5.42. The number of carbonyl (C=O) groups is 1. The van der Waals surface area contributed by atoms with Crippen molar-refractivity contribution in [3.8, 4) is 0 Å². The second-order valence-electron chi connectivity index (χ2n) is 4.31. The highest BCUT2D eigenvalue weighted by atomic mass is 16.5. The van der Waals surface area contributed by atoms with E-state index in [0.29, 0.717) is 6.61 Å². The van der Waals surface area contributed by atoms with Crippen LogP contribution in [-0.2, 0) is 9.53 Å². The van der Waals surface area contributed by atoms with Gasteiger partial charge in [0.2, 0.25) is 0 Å². The van der Waals surface area contributed by atoms with Crippen LogP contribution < -0.4 is 5.73 Å². The summed E-state index contributed by atoms with van der Waals surface area (Å²) in [5.74, 6) is -0.167. The number of hydrogen-bond acceptors (Lipinski definition) is 3. The van der Waals surface area contributed by atoms with Gasteiger partial charge < -0.3 is 10.5 Å². The van der Waals surface area contributed by atoms with E-state index in [0.717, 1.165) is 13.0 Å². The van der Waals surface area contributed by atoms with Crippen molar-refractivity contribution >= 4 is 5.97 Å². The lowest BCUT2D eigenvalue weighted by Crippen LogP contribution is -2.00. The average Bonchev–Trinajstić information content (AvgIpc) is 2.25. The molecule has 0 aliphatic heterocycles. The predicted molar refractivity (Wildman–Crippen MR) is 67.2 cm³/mol. The van der Waals surface area contributed by atoms with E-state index in [1.54, 1.807) is 0 Å². The fourth-order valence-corrected chi connectivity index (χ4v) is 1.70. The molecule has 0 bridgehead atoms. The number of ether oxygens (including phenoxy) is 1. The van der Waals surface area contributed by atoms with Crippen molar-refractivity contribution < 1.29 is 9.53 Å². The van der Waals surface area contributed by atoms with Gasteiger partial charge in [-0.05, 0) is 19.4 Å². The van der Waals surface area contributed by atoms with Crippen LogP contribution in [0.25, 0.3) is 0 Å². The highest BCUT2D eigenvalue weighted by molar-refractivity contribution is 5.65. The van der Waals surface area contributed by atoms with Gasteiger partial charge in [0.1, 0.15) is 0 Å². The van der Waals surface area contributed by atoms with Crippen LogP contribution in [0.1, 0.15) is 64.7 Å². The van der Waals surface area contributed by atoms with Gasteiger partial charge in [-0.2, -0.15) is 0 Å². The van der Waals surface area contributed by atoms with E-state index >= 15 is 0 Å². The minimum absolute atomic E-state index is 0.167. The molecule has 0 rings (SSSR count). The van der Waals surface area contributed by atoms with E-state index in [1.165, 1.54) is 58.3 Å². The lowest BCUT2D eigenvalue weighted by atomic mass is 10.1. The topological polar surface area (TPSA) is 52.3 Å². The van der Waals surface area contributed by atoms with Crippen LogP contribution >= 0.6 is 0 Å². The normalized spacial score (nSPS) is 10.4. The molecule has 3 nitrogen and oxygen atoms in total. The number of rotatable bonds is 11. The Morgan fingerprint density at radius 3 is 1.75 bits per heavy atom. The van der Waals surface area contributed by atoms with Gasteiger partial charge >= 0.3 is 5.97 Å². The number of hydrogen-bond donors (Lipinski definition) is 1. The maximum atomic E-state index is 10.5. The first-order valence-corrected chi connectivity index (χ1v) is 6.61. The van der Waals surface area contributed by atoms with Crippen LogP contribution in [-0.4, -0.2) is 19.1 Å². The van der Waals surface area contributed by atoms with Gasteiger partial charge in [0, 0.05) is 6.92 Å². The molecule has 16 heavy (non-hydrogen) atoms. The molecule has 0 aliphatic rings. The zero-order valence-electron chi connectivity index (χ0n) is 10.7. The Bertz CT molecular complexity index is 160. The standard InChI is InChI=1S/C13H27NO2/c1-13(15)16-12-10-8-6-4-2-3-5-7-9-11-14/h2-12,14H2,1H3. The zero-order valence-corrected chi connectivity index (χ0v) is 10.7. The van der Waals surface area contributed by atoms with Crippen LogP contribution in [0.2, 0.25) is 0 Å². The molecule has 0 aromatic heterocycles. The molecule has 0 saturated heterocycles. The molecule has 0 radical (unpaired) electrons. The SMILES string of the molecule is CC(=O)OCCCCCCCCCCCN. The molecule has 0 atom stereocenters. The van der Waals surface area contributed by atoms with Crippen molar-refractivity contribution in [2.24, 2.45) is 5.73 Å². The molecule has 0 aliphatic carbocycles. The van der Waals surface area contributed by atoms with Crippen LogP contribution in [0.15, 0.2) is 0 Å². The van der Waals surface area contributed by atoms with Gasteiger partial charge in [-0.25, -0.2) is 0 Å². The maximum absolute atomic E-state index is 10.5. The minimum atomic E-state index is -0.167. The molecule has 0 saturated carbocycles. The van der Waals surface area contributed by atoms with Crippen LogP contribution in [0.5, 0.6) is 0 Å². The van der Waals surface area contributed by atoms with Gasteiger partial charge in [0.05, 0.1) is 6.61 Å². The highest BCUT2D eigenvalue weighted by Crippen LogP contribution is 2.09. The van der Waals surface area contributed by atoms with Gasteiger partial charge in [-0.1, -0.05) is 44.9 Å². The Hall–Kier alpha value is -0.570. The molecule has 0 unspecified atom stereocenters. The fraction of sp³-hybridized carbons (Fsp3) is 0.923. The third kappa shape index (κ3) is 13.4. The molecule has 0 heterocycles. The molecular formula is C13H27NO2. The van der Waals surface area contributed by atoms with Crippen molar-refractivity contribution in [2.45, 2.75) is 64.7 Å². The van der Waals surface area contributed by atoms with Crippen molar-refractivity contribution in [1.29, 1.82) is 0 Å². The smallest absolute Gasteiger partial charge is 0.302 e. The average molecular weight is 229 g/mol. The Morgan fingerprint density at radius 1 is 0.875 bits per heavy atom. The zero-order chi connectivity index (χ0) is 12.1. The summed E-state index contributed by atoms with van der Waals surface area (Å²) in [4.78, 5) is 10.5. The first-order valence-electron chi connectivity index (χ1n) is 6.61. The molecular weight excluding hydrogens is 202 g/mol. The predicted octanol–water partition coefficient (Wildman–Crippen LogP) is 3.02. The van der Waals surface area contributed by atoms with Crippen molar-refractivity contribution in [2.75, 3.05) is 13.2 Å². The summed E-state index contributed by atoms with van der Waals surface area (Å²) < 4.78 is 4.86. The van der Waals surface area contributed by atoms with Gasteiger partial charge in [0.25, 0.3) is 0 Å². The first kappa shape index (κ1) is 15.4. The summed E-state index contributed by atoms with van der Waals surface area (Å²) in [6, 6.07) is 0. The van der Waals surface area contributed by atoms with Crippen molar-refractivity contribution in [3.05, 3.63) is 0 Å². The molecule has 0 aromatic carbocycles. The fourth-order valence-electron chi connectivity index (χ4n) is 1.70. The number of unbranched alkanes of at least 4 members (excludes halogenated alkanes) is 8. The first-order chi connectivity index (χ1) is 7.77. The summed E-state index contributed by atoms with van der Waals surface area (Å²) >= 11 is 0.